The molecule has 3 aromatic rings. The number of nitrogens with zero attached hydrogens (tertiary/aromatic N) is 1. The van der Waals surface area contributed by atoms with E-state index in [1.807, 2.05) is 49.4 Å². The molecule has 0 spiro atoms. The summed E-state index contributed by atoms with van der Waals surface area (Å²) in [7, 11) is 0. The topological polar surface area (TPSA) is 54.6 Å². The van der Waals surface area contributed by atoms with Gasteiger partial charge in [0.25, 0.3) is 0 Å². The maximum absolute atomic E-state index is 13.3. The Morgan fingerprint density at radius 3 is 2.79 bits per heavy atom. The monoisotopic (exact) mass is 466 g/mol. The van der Waals surface area contributed by atoms with Gasteiger partial charge in [-0.05, 0) is 73.0 Å². The number of nitrogens with one attached hydrogen (secondary N) is 1. The fraction of sp³-hybridized carbons (Fsp3) is 0.269. The van der Waals surface area contributed by atoms with Crippen molar-refractivity contribution in [1.82, 2.24) is 9.88 Å². The number of H-pyrrole nitrogens is 1. The Balaban J connectivity index is 1.52. The van der Waals surface area contributed by atoms with E-state index in [4.69, 9.17) is 21.1 Å². The number of allylic oxidation sites excluding steroid dienone is 2. The zero-order valence-electron chi connectivity index (χ0n) is 18.2. The minimum atomic E-state index is -0.485. The Hall–Kier alpha value is -3.25. The number of hydrogen-bond donors (Lipinski definition) is 1. The van der Waals surface area contributed by atoms with Gasteiger partial charge in [0.2, 0.25) is 0 Å². The molecule has 2 unspecified atom stereocenters. The number of rotatable bonds is 4. The van der Waals surface area contributed by atoms with Crippen molar-refractivity contribution in [2.45, 2.75) is 31.9 Å². The Labute approximate surface area is 196 Å². The standard InChI is InChI=1S/C26H24ClFN2O3/c1-2-32-19-8-3-16(4-9-19)25-24-21(22-15-17(27)5-12-23(22)29-24)13-14-30(25)26(31)33-20-10-6-18(28)7-11-20/h3-10,12,15,20,25,29H,2,11,13-14H2,1H3. The molecule has 0 bridgehead atoms. The van der Waals surface area contributed by atoms with Gasteiger partial charge in [-0.3, -0.25) is 4.90 Å². The molecule has 5 rings (SSSR count). The van der Waals surface area contributed by atoms with E-state index in [0.717, 1.165) is 33.5 Å². The SMILES string of the molecule is CCOc1ccc(C2c3[nH]c4ccc(Cl)cc4c3CCN2C(=O)OC2C=CC(F)=CC2)cc1. The highest BCUT2D eigenvalue weighted by molar-refractivity contribution is 6.31. The van der Waals surface area contributed by atoms with Crippen molar-refractivity contribution >= 4 is 28.6 Å². The van der Waals surface area contributed by atoms with Crippen molar-refractivity contribution in [2.24, 2.45) is 0 Å². The van der Waals surface area contributed by atoms with Gasteiger partial charge in [-0.1, -0.05) is 23.7 Å². The third kappa shape index (κ3) is 4.23. The molecule has 5 nitrogen and oxygen atoms in total. The summed E-state index contributed by atoms with van der Waals surface area (Å²) in [6, 6.07) is 13.2. The number of carbonyl (C=O) groups is 1. The summed E-state index contributed by atoms with van der Waals surface area (Å²) in [6.45, 7) is 3.01. The van der Waals surface area contributed by atoms with Gasteiger partial charge in [-0.25, -0.2) is 9.18 Å². The van der Waals surface area contributed by atoms with E-state index >= 15 is 0 Å². The second kappa shape index (κ2) is 8.94. The molecular weight excluding hydrogens is 443 g/mol. The molecule has 7 heteroatoms. The van der Waals surface area contributed by atoms with Crippen LogP contribution in [0.1, 0.15) is 36.2 Å². The second-order valence-electron chi connectivity index (χ2n) is 8.16. The van der Waals surface area contributed by atoms with Crippen LogP contribution in [0.2, 0.25) is 5.02 Å². The van der Waals surface area contributed by atoms with E-state index in [2.05, 4.69) is 4.98 Å². The van der Waals surface area contributed by atoms with Gasteiger partial charge in [0.05, 0.1) is 6.61 Å². The number of carbonyl (C=O) groups excluding carboxylic acids is 1. The van der Waals surface area contributed by atoms with Crippen molar-refractivity contribution in [3.63, 3.8) is 0 Å². The Morgan fingerprint density at radius 2 is 2.06 bits per heavy atom. The lowest BCUT2D eigenvalue weighted by Crippen LogP contribution is -2.42. The molecule has 33 heavy (non-hydrogen) atoms. The van der Waals surface area contributed by atoms with E-state index < -0.39 is 12.2 Å². The van der Waals surface area contributed by atoms with Crippen LogP contribution in [0.15, 0.2) is 66.5 Å². The predicted octanol–water partition coefficient (Wildman–Crippen LogP) is 6.49. The third-order valence-electron chi connectivity index (χ3n) is 6.10. The smallest absolute Gasteiger partial charge is 0.411 e. The molecule has 0 saturated heterocycles. The van der Waals surface area contributed by atoms with E-state index in [0.29, 0.717) is 31.0 Å². The van der Waals surface area contributed by atoms with Gasteiger partial charge in [0.15, 0.2) is 0 Å². The number of fused-ring (bicyclic) bond motifs is 3. The third-order valence-corrected chi connectivity index (χ3v) is 6.33. The molecule has 1 aliphatic heterocycles. The predicted molar refractivity (Wildman–Crippen MR) is 126 cm³/mol. The minimum absolute atomic E-state index is 0.311. The van der Waals surface area contributed by atoms with Crippen LogP contribution >= 0.6 is 11.6 Å². The fourth-order valence-corrected chi connectivity index (χ4v) is 4.75. The number of aromatic nitrogens is 1. The normalized spacial score (nSPS) is 19.8. The summed E-state index contributed by atoms with van der Waals surface area (Å²) in [6.07, 6.45) is 4.43. The zero-order valence-corrected chi connectivity index (χ0v) is 18.9. The van der Waals surface area contributed by atoms with E-state index in [-0.39, 0.29) is 11.9 Å². The van der Waals surface area contributed by atoms with Crippen LogP contribution in [-0.4, -0.2) is 35.2 Å². The van der Waals surface area contributed by atoms with Crippen LogP contribution in [-0.2, 0) is 11.2 Å². The number of aromatic amines is 1. The molecule has 2 atom stereocenters. The van der Waals surface area contributed by atoms with Crippen molar-refractivity contribution in [3.05, 3.63) is 88.4 Å². The number of amides is 1. The van der Waals surface area contributed by atoms with Crippen LogP contribution in [0, 0.1) is 0 Å². The van der Waals surface area contributed by atoms with E-state index in [9.17, 15) is 9.18 Å². The average molecular weight is 467 g/mol. The van der Waals surface area contributed by atoms with E-state index in [1.54, 1.807) is 11.0 Å². The largest absolute Gasteiger partial charge is 0.494 e. The lowest BCUT2D eigenvalue weighted by Gasteiger charge is -2.36. The zero-order chi connectivity index (χ0) is 22.9. The van der Waals surface area contributed by atoms with Gasteiger partial charge in [0, 0.05) is 34.6 Å². The molecule has 1 amide bonds. The first-order valence-electron chi connectivity index (χ1n) is 11.1. The van der Waals surface area contributed by atoms with Crippen LogP contribution in [0.4, 0.5) is 9.18 Å². The second-order valence-corrected chi connectivity index (χ2v) is 8.60. The molecule has 2 heterocycles. The quantitative estimate of drug-likeness (QED) is 0.478. The van der Waals surface area contributed by atoms with Crippen molar-refractivity contribution in [3.8, 4) is 5.75 Å². The van der Waals surface area contributed by atoms with Crippen molar-refractivity contribution in [2.75, 3.05) is 13.2 Å². The van der Waals surface area contributed by atoms with Gasteiger partial charge in [-0.15, -0.1) is 0 Å². The van der Waals surface area contributed by atoms with Crippen LogP contribution < -0.4 is 4.74 Å². The van der Waals surface area contributed by atoms with Crippen LogP contribution in [0.25, 0.3) is 10.9 Å². The summed E-state index contributed by atoms with van der Waals surface area (Å²) in [5.41, 5.74) is 4.02. The van der Waals surface area contributed by atoms with Gasteiger partial charge < -0.3 is 14.5 Å². The summed E-state index contributed by atoms with van der Waals surface area (Å²) < 4.78 is 24.6. The highest BCUT2D eigenvalue weighted by Gasteiger charge is 2.36. The Kier molecular flexibility index (Phi) is 5.85. The molecule has 170 valence electrons. The maximum Gasteiger partial charge on any atom is 0.411 e. The molecule has 0 fully saturated rings. The van der Waals surface area contributed by atoms with Crippen molar-refractivity contribution in [1.29, 1.82) is 0 Å². The minimum Gasteiger partial charge on any atom is -0.494 e. The summed E-state index contributed by atoms with van der Waals surface area (Å²) in [4.78, 5) is 18.5. The Morgan fingerprint density at radius 1 is 1.24 bits per heavy atom. The molecule has 0 radical (unpaired) electrons. The summed E-state index contributed by atoms with van der Waals surface area (Å²) in [5, 5.41) is 1.74. The van der Waals surface area contributed by atoms with Gasteiger partial charge in [0.1, 0.15) is 23.7 Å². The summed E-state index contributed by atoms with van der Waals surface area (Å²) in [5.74, 6) is 0.463. The highest BCUT2D eigenvalue weighted by atomic mass is 35.5. The number of hydrogen-bond acceptors (Lipinski definition) is 3. The molecule has 1 N–H and O–H groups in total. The molecule has 0 saturated carbocycles. The maximum atomic E-state index is 13.3. The average Bonchev–Trinajstić information content (AvgIpc) is 3.18. The van der Waals surface area contributed by atoms with Gasteiger partial charge >= 0.3 is 6.09 Å². The molecule has 2 aromatic carbocycles. The first-order chi connectivity index (χ1) is 16.0. The van der Waals surface area contributed by atoms with Crippen LogP contribution in [0.3, 0.4) is 0 Å². The molecule has 1 aromatic heterocycles. The summed E-state index contributed by atoms with van der Waals surface area (Å²) >= 11 is 6.27. The first-order valence-corrected chi connectivity index (χ1v) is 11.4. The van der Waals surface area contributed by atoms with Crippen molar-refractivity contribution < 1.29 is 18.7 Å². The Bertz CT molecular complexity index is 1250. The lowest BCUT2D eigenvalue weighted by atomic mass is 9.92. The first kappa shape index (κ1) is 21.6. The molecular formula is C26H24ClFN2O3. The number of halogens is 2. The number of ether oxygens (including phenoxy) is 2. The van der Waals surface area contributed by atoms with E-state index in [1.165, 1.54) is 12.2 Å². The highest BCUT2D eigenvalue weighted by Crippen LogP contribution is 2.40. The molecule has 1 aliphatic carbocycles. The molecule has 2 aliphatic rings. The van der Waals surface area contributed by atoms with Crippen LogP contribution in [0.5, 0.6) is 5.75 Å². The number of benzene rings is 2. The fourth-order valence-electron chi connectivity index (χ4n) is 4.58. The van der Waals surface area contributed by atoms with Gasteiger partial charge in [-0.2, -0.15) is 0 Å². The lowest BCUT2D eigenvalue weighted by molar-refractivity contribution is 0.0687.